The zero-order valence-electron chi connectivity index (χ0n) is 35.3. The molecule has 2 atom stereocenters. The second-order valence-electron chi connectivity index (χ2n) is 14.5. The third kappa shape index (κ3) is 12.6. The van der Waals surface area contributed by atoms with E-state index < -0.39 is 49.0 Å². The molecular formula is C50H50AuClN8P4. The fourth-order valence-corrected chi connectivity index (χ4v) is 32.2. The van der Waals surface area contributed by atoms with E-state index in [1.54, 1.807) is 0 Å². The van der Waals surface area contributed by atoms with Crippen molar-refractivity contribution in [3.8, 4) is 0 Å². The van der Waals surface area contributed by atoms with E-state index in [1.165, 1.54) is 0 Å². The molecule has 8 rings (SSSR count). The molecule has 8 nitrogen and oxygen atoms in total. The molecule has 0 radical (unpaired) electrons. The first-order valence-electron chi connectivity index (χ1n) is 21.4. The predicted octanol–water partition coefficient (Wildman–Crippen LogP) is 8.44. The molecule has 0 amide bonds. The summed E-state index contributed by atoms with van der Waals surface area (Å²) in [7, 11) is 5.06. The molecule has 0 saturated heterocycles. The van der Waals surface area contributed by atoms with Crippen LogP contribution in [0.5, 0.6) is 0 Å². The van der Waals surface area contributed by atoms with Crippen LogP contribution in [0.3, 0.4) is 0 Å². The van der Waals surface area contributed by atoms with E-state index in [0.29, 0.717) is 0 Å². The van der Waals surface area contributed by atoms with Gasteiger partial charge in [0.25, 0.3) is 0 Å². The molecule has 0 aliphatic carbocycles. The van der Waals surface area contributed by atoms with Crippen LogP contribution in [0.4, 0.5) is 0 Å². The van der Waals surface area contributed by atoms with Crippen molar-refractivity contribution in [2.45, 2.75) is 46.3 Å². The van der Waals surface area contributed by atoms with Gasteiger partial charge in [0, 0.05) is 0 Å². The Kier molecular flexibility index (Phi) is 18.2. The van der Waals surface area contributed by atoms with E-state index in [9.17, 15) is 0 Å². The molecule has 0 bridgehead atoms. The van der Waals surface area contributed by atoms with Crippen molar-refractivity contribution in [2.24, 2.45) is 0 Å². The number of halogens is 1. The fraction of sp³-hybridized carbons (Fsp3) is 0.200. The van der Waals surface area contributed by atoms with Gasteiger partial charge in [-0.1, -0.05) is 0 Å². The topological polar surface area (TPSA) is 103 Å². The Hall–Kier alpha value is -4.05. The van der Waals surface area contributed by atoms with Gasteiger partial charge in [-0.3, -0.25) is 0 Å². The summed E-state index contributed by atoms with van der Waals surface area (Å²) in [5, 5.41) is 0. The summed E-state index contributed by atoms with van der Waals surface area (Å²) in [6, 6.07) is 50.2. The van der Waals surface area contributed by atoms with E-state index in [4.69, 9.17) is 49.1 Å². The number of pyridine rings is 8. The Balaban J connectivity index is 1.14. The Morgan fingerprint density at radius 1 is 0.328 bits per heavy atom. The van der Waals surface area contributed by atoms with E-state index in [2.05, 4.69) is 97.1 Å². The molecular weight excluding hydrogens is 1070 g/mol. The maximum atomic E-state index is 8.51. The molecule has 0 spiro atoms. The van der Waals surface area contributed by atoms with E-state index >= 15 is 0 Å². The van der Waals surface area contributed by atoms with Gasteiger partial charge < -0.3 is 0 Å². The molecule has 0 fully saturated rings. The van der Waals surface area contributed by atoms with Crippen LogP contribution >= 0.6 is 40.9 Å². The predicted molar refractivity (Wildman–Crippen MR) is 270 cm³/mol. The Morgan fingerprint density at radius 3 is 0.781 bits per heavy atom. The molecule has 8 aromatic rings. The van der Waals surface area contributed by atoms with Gasteiger partial charge in [-0.05, 0) is 0 Å². The summed E-state index contributed by atoms with van der Waals surface area (Å²) < 4.78 is 0.406. The summed E-state index contributed by atoms with van der Waals surface area (Å²) in [6.45, 7) is 0. The van der Waals surface area contributed by atoms with Gasteiger partial charge in [0.05, 0.1) is 0 Å². The van der Waals surface area contributed by atoms with Crippen LogP contribution in [0.15, 0.2) is 195 Å². The molecule has 0 N–H and O–H groups in total. The van der Waals surface area contributed by atoms with Crippen molar-refractivity contribution in [3.63, 3.8) is 0 Å². The standard InChI is InChI=1S/2C25H25N4P2.Au.ClH/c2*1(10-20-30(22-12-2-6-16-26-22)23-13-3-7-17-27-23)11-21-31(24-14-4-8-18-28-24)25-15-5-9-19-29-25;;/h2*2-9,12-20H,1,10-11,21H2;;1H/q;;+1;/p-1. The van der Waals surface area contributed by atoms with E-state index in [1.807, 2.05) is 98.1 Å². The third-order valence-electron chi connectivity index (χ3n) is 10.3. The summed E-state index contributed by atoms with van der Waals surface area (Å²) in [6.07, 6.45) is 23.4. The molecule has 2 unspecified atom stereocenters. The Morgan fingerprint density at radius 2 is 0.562 bits per heavy atom. The Labute approximate surface area is 392 Å². The SMILES string of the molecule is [Cl][Au]([CH](CCCCP(c1ccccn1)c1ccccn1)P(c1ccccn1)c1ccccn1)[CH](CCCCP(c1ccccn1)c1ccccn1)P(c1ccccn1)c1ccccn1. The number of unbranched alkanes of at least 4 members (excludes halogenated alkanes) is 2. The van der Waals surface area contributed by atoms with Gasteiger partial charge in [0.15, 0.2) is 0 Å². The van der Waals surface area contributed by atoms with Crippen LogP contribution in [0.25, 0.3) is 0 Å². The van der Waals surface area contributed by atoms with Gasteiger partial charge in [0.1, 0.15) is 0 Å². The van der Waals surface area contributed by atoms with Gasteiger partial charge in [-0.2, -0.15) is 0 Å². The van der Waals surface area contributed by atoms with Gasteiger partial charge >= 0.3 is 395 Å². The van der Waals surface area contributed by atoms with Crippen LogP contribution < -0.4 is 43.5 Å². The average Bonchev–Trinajstić information content (AvgIpc) is 3.37. The quantitative estimate of drug-likeness (QED) is 0.0379. The van der Waals surface area contributed by atoms with Crippen molar-refractivity contribution >= 4 is 84.4 Å². The maximum absolute atomic E-state index is 8.51. The van der Waals surface area contributed by atoms with Crippen LogP contribution in [-0.4, -0.2) is 59.9 Å². The first-order chi connectivity index (χ1) is 31.7. The van der Waals surface area contributed by atoms with Gasteiger partial charge in [-0.15, -0.1) is 0 Å². The molecule has 328 valence electrons. The van der Waals surface area contributed by atoms with Crippen molar-refractivity contribution in [2.75, 3.05) is 12.3 Å². The summed E-state index contributed by atoms with van der Waals surface area (Å²) in [4.78, 5) is 39.6. The molecule has 64 heavy (non-hydrogen) atoms. The van der Waals surface area contributed by atoms with E-state index in [0.717, 1.165) is 94.3 Å². The molecule has 0 aliphatic heterocycles. The normalized spacial score (nSPS) is 12.7. The number of rotatable bonds is 22. The molecule has 8 heterocycles. The zero-order chi connectivity index (χ0) is 43.6. The molecule has 0 aromatic carbocycles. The minimum absolute atomic E-state index is 0.203. The molecule has 14 heteroatoms. The van der Waals surface area contributed by atoms with Crippen LogP contribution in [0.1, 0.15) is 38.5 Å². The van der Waals surface area contributed by atoms with Crippen molar-refractivity contribution in [1.29, 1.82) is 0 Å². The molecule has 8 aromatic heterocycles. The monoisotopic (exact) mass is 1120 g/mol. The van der Waals surface area contributed by atoms with Crippen LogP contribution in [0.2, 0.25) is 0 Å². The molecule has 0 aliphatic rings. The van der Waals surface area contributed by atoms with E-state index in [-0.39, 0.29) is 7.75 Å². The van der Waals surface area contributed by atoms with Crippen molar-refractivity contribution in [3.05, 3.63) is 195 Å². The average molecular weight is 1120 g/mol. The van der Waals surface area contributed by atoms with Gasteiger partial charge in [0.2, 0.25) is 0 Å². The van der Waals surface area contributed by atoms with Crippen LogP contribution in [0, 0.1) is 0 Å². The summed E-state index contributed by atoms with van der Waals surface area (Å²) in [5.41, 5.74) is 8.81. The second-order valence-corrected chi connectivity index (χ2v) is 32.3. The van der Waals surface area contributed by atoms with Crippen LogP contribution in [-0.2, 0) is 17.4 Å². The number of hydrogen-bond donors (Lipinski definition) is 0. The summed E-state index contributed by atoms with van der Waals surface area (Å²) in [5.74, 6) is 0. The first kappa shape index (κ1) is 46.5. The van der Waals surface area contributed by atoms with Gasteiger partial charge in [-0.25, -0.2) is 0 Å². The third-order valence-corrected chi connectivity index (χ3v) is 33.9. The zero-order valence-corrected chi connectivity index (χ0v) is 41.8. The van der Waals surface area contributed by atoms with Crippen molar-refractivity contribution < 1.29 is 17.4 Å². The molecule has 0 saturated carbocycles. The number of hydrogen-bond acceptors (Lipinski definition) is 8. The Bertz CT molecular complexity index is 2180. The number of nitrogens with zero attached hydrogens (tertiary/aromatic N) is 8. The number of aromatic nitrogens is 8. The van der Waals surface area contributed by atoms with Crippen molar-refractivity contribution in [1.82, 2.24) is 39.9 Å². The second kappa shape index (κ2) is 25.0. The first-order valence-corrected chi connectivity index (χ1v) is 32.4. The fourth-order valence-electron chi connectivity index (χ4n) is 7.34. The summed E-state index contributed by atoms with van der Waals surface area (Å²) >= 11 is -2.40. The minimum atomic E-state index is -2.40.